The lowest BCUT2D eigenvalue weighted by molar-refractivity contribution is -0.118. The van der Waals surface area contributed by atoms with E-state index < -0.39 is 5.91 Å². The van der Waals surface area contributed by atoms with E-state index in [1.807, 2.05) is 0 Å². The predicted octanol–water partition coefficient (Wildman–Crippen LogP) is 2.35. The van der Waals surface area contributed by atoms with Crippen molar-refractivity contribution in [1.82, 2.24) is 9.55 Å². The van der Waals surface area contributed by atoms with Crippen molar-refractivity contribution in [3.63, 3.8) is 0 Å². The van der Waals surface area contributed by atoms with Crippen molar-refractivity contribution in [2.75, 3.05) is 0 Å². The molecule has 2 aromatic rings. The number of hydrogen-bond acceptors (Lipinski definition) is 2. The number of primary amides is 1. The van der Waals surface area contributed by atoms with E-state index in [0.29, 0.717) is 23.4 Å². The second-order valence-electron chi connectivity index (χ2n) is 4.09. The van der Waals surface area contributed by atoms with Gasteiger partial charge in [-0.3, -0.25) is 4.79 Å². The van der Waals surface area contributed by atoms with Gasteiger partial charge in [0.2, 0.25) is 5.91 Å². The number of hydrogen-bond donors (Lipinski definition) is 1. The van der Waals surface area contributed by atoms with Gasteiger partial charge < -0.3 is 10.3 Å². The highest BCUT2D eigenvalue weighted by Crippen LogP contribution is 2.25. The summed E-state index contributed by atoms with van der Waals surface area (Å²) < 4.78 is 15.0. The minimum Gasteiger partial charge on any atom is -0.370 e. The molecule has 0 aliphatic rings. The summed E-state index contributed by atoms with van der Waals surface area (Å²) in [4.78, 5) is 15.2. The summed E-state index contributed by atoms with van der Waals surface area (Å²) in [5, 5.41) is -0.326. The van der Waals surface area contributed by atoms with Crippen LogP contribution in [0.1, 0.15) is 24.5 Å². The van der Waals surface area contributed by atoms with Gasteiger partial charge >= 0.3 is 0 Å². The van der Waals surface area contributed by atoms with Gasteiger partial charge in [0, 0.05) is 13.0 Å². The molecular weight excluding hydrogens is 257 g/mol. The summed E-state index contributed by atoms with van der Waals surface area (Å²) in [5.74, 6) is -0.156. The molecule has 2 N–H and O–H groups in total. The second-order valence-corrected chi connectivity index (χ2v) is 4.74. The zero-order valence-corrected chi connectivity index (χ0v) is 10.6. The number of fused-ring (bicyclic) bond motifs is 1. The average Bonchev–Trinajstić information content (AvgIpc) is 2.64. The molecule has 4 nitrogen and oxygen atoms in total. The zero-order valence-electron chi connectivity index (χ0n) is 9.86. The minimum atomic E-state index is -0.415. The fourth-order valence-corrected chi connectivity index (χ4v) is 2.04. The fraction of sp³-hybridized carbons (Fsp3) is 0.333. The zero-order chi connectivity index (χ0) is 13.3. The molecule has 0 fully saturated rings. The molecule has 6 heteroatoms. The van der Waals surface area contributed by atoms with Gasteiger partial charge in [-0.25, -0.2) is 9.37 Å². The number of halogens is 2. The topological polar surface area (TPSA) is 60.9 Å². The van der Waals surface area contributed by atoms with Gasteiger partial charge in [0.05, 0.1) is 16.4 Å². The number of imidazole rings is 1. The number of aryl methyl sites for hydroxylation is 1. The first-order chi connectivity index (χ1) is 8.49. The van der Waals surface area contributed by atoms with Gasteiger partial charge in [-0.2, -0.15) is 0 Å². The molecule has 1 heterocycles. The van der Waals surface area contributed by atoms with Crippen molar-refractivity contribution >= 4 is 28.5 Å². The van der Waals surface area contributed by atoms with Crippen LogP contribution in [-0.2, 0) is 11.3 Å². The van der Waals surface area contributed by atoms with Gasteiger partial charge in [0.15, 0.2) is 0 Å². The third kappa shape index (κ3) is 2.46. The van der Waals surface area contributed by atoms with E-state index in [9.17, 15) is 9.18 Å². The molecule has 2 rings (SSSR count). The first kappa shape index (κ1) is 12.8. The van der Waals surface area contributed by atoms with Crippen LogP contribution in [0.3, 0.4) is 0 Å². The first-order valence-corrected chi connectivity index (χ1v) is 6.00. The van der Waals surface area contributed by atoms with E-state index in [4.69, 9.17) is 17.3 Å². The van der Waals surface area contributed by atoms with Gasteiger partial charge in [-0.05, 0) is 25.1 Å². The third-order valence-electron chi connectivity index (χ3n) is 2.68. The molecule has 0 spiro atoms. The van der Waals surface area contributed by atoms with E-state index in [0.717, 1.165) is 0 Å². The number of nitrogens with two attached hydrogens (primary N) is 1. The number of rotatable bonds is 4. The minimum absolute atomic E-state index is 0.165. The standard InChI is InChI=1S/C12H13ClFN3O/c1-7(13)12-16-9-3-2-8(14)6-10(9)17(12)5-4-11(15)18/h2-3,6-7H,4-5H2,1H3,(H2,15,18). The van der Waals surface area contributed by atoms with Crippen LogP contribution in [0, 0.1) is 5.82 Å². The molecule has 1 amide bonds. The van der Waals surface area contributed by atoms with Crippen molar-refractivity contribution < 1.29 is 9.18 Å². The Balaban J connectivity index is 2.53. The number of carbonyl (C=O) groups is 1. The largest absolute Gasteiger partial charge is 0.370 e. The van der Waals surface area contributed by atoms with Crippen LogP contribution in [0.15, 0.2) is 18.2 Å². The monoisotopic (exact) mass is 269 g/mol. The first-order valence-electron chi connectivity index (χ1n) is 5.57. The Morgan fingerprint density at radius 3 is 2.94 bits per heavy atom. The molecule has 18 heavy (non-hydrogen) atoms. The summed E-state index contributed by atoms with van der Waals surface area (Å²) in [6.45, 7) is 2.13. The van der Waals surface area contributed by atoms with Gasteiger partial charge in [-0.15, -0.1) is 11.6 Å². The maximum Gasteiger partial charge on any atom is 0.219 e. The van der Waals surface area contributed by atoms with Crippen molar-refractivity contribution in [3.05, 3.63) is 29.8 Å². The smallest absolute Gasteiger partial charge is 0.219 e. The average molecular weight is 270 g/mol. The van der Waals surface area contributed by atoms with Crippen molar-refractivity contribution in [1.29, 1.82) is 0 Å². The molecule has 1 unspecified atom stereocenters. The summed E-state index contributed by atoms with van der Waals surface area (Å²) in [6.07, 6.45) is 0.165. The van der Waals surface area contributed by atoms with Gasteiger partial charge in [-0.1, -0.05) is 0 Å². The van der Waals surface area contributed by atoms with Crippen LogP contribution < -0.4 is 5.73 Å². The Hall–Kier alpha value is -1.62. The normalized spacial score (nSPS) is 12.8. The van der Waals surface area contributed by atoms with Crippen LogP contribution in [0.25, 0.3) is 11.0 Å². The summed E-state index contributed by atoms with van der Waals surface area (Å²) >= 11 is 6.04. The molecule has 1 aromatic carbocycles. The van der Waals surface area contributed by atoms with Crippen LogP contribution in [-0.4, -0.2) is 15.5 Å². The molecule has 0 aliphatic carbocycles. The van der Waals surface area contributed by atoms with E-state index in [2.05, 4.69) is 4.98 Å². The molecule has 96 valence electrons. The van der Waals surface area contributed by atoms with Gasteiger partial charge in [0.1, 0.15) is 11.6 Å². The lowest BCUT2D eigenvalue weighted by atomic mass is 10.3. The lowest BCUT2D eigenvalue weighted by Crippen LogP contribution is -2.15. The number of benzene rings is 1. The Morgan fingerprint density at radius 2 is 2.33 bits per heavy atom. The Morgan fingerprint density at radius 1 is 1.61 bits per heavy atom. The summed E-state index contributed by atoms with van der Waals surface area (Å²) in [5.41, 5.74) is 6.41. The number of carbonyl (C=O) groups excluding carboxylic acids is 1. The SMILES string of the molecule is CC(Cl)c1nc2ccc(F)cc2n1CCC(N)=O. The van der Waals surface area contributed by atoms with Crippen molar-refractivity contribution in [3.8, 4) is 0 Å². The Bertz CT molecular complexity index is 594. The summed E-state index contributed by atoms with van der Waals surface area (Å²) in [7, 11) is 0. The fourth-order valence-electron chi connectivity index (χ4n) is 1.88. The molecule has 1 aromatic heterocycles. The maximum absolute atomic E-state index is 13.3. The van der Waals surface area contributed by atoms with Gasteiger partial charge in [0.25, 0.3) is 0 Å². The highest BCUT2D eigenvalue weighted by molar-refractivity contribution is 6.20. The van der Waals surface area contributed by atoms with E-state index in [-0.39, 0.29) is 17.6 Å². The van der Waals surface area contributed by atoms with E-state index in [1.54, 1.807) is 17.6 Å². The molecular formula is C12H13ClFN3O. The quantitative estimate of drug-likeness (QED) is 0.866. The Kier molecular flexibility index (Phi) is 3.52. The second kappa shape index (κ2) is 4.94. The van der Waals surface area contributed by atoms with Crippen LogP contribution in [0.4, 0.5) is 4.39 Å². The highest BCUT2D eigenvalue weighted by Gasteiger charge is 2.15. The van der Waals surface area contributed by atoms with Crippen LogP contribution >= 0.6 is 11.6 Å². The number of nitrogens with zero attached hydrogens (tertiary/aromatic N) is 2. The third-order valence-corrected chi connectivity index (χ3v) is 2.87. The van der Waals surface area contributed by atoms with Crippen molar-refractivity contribution in [2.45, 2.75) is 25.3 Å². The molecule has 0 radical (unpaired) electrons. The molecule has 0 saturated carbocycles. The Labute approximate surface area is 109 Å². The molecule has 0 saturated heterocycles. The highest BCUT2D eigenvalue weighted by atomic mass is 35.5. The van der Waals surface area contributed by atoms with Crippen LogP contribution in [0.5, 0.6) is 0 Å². The molecule has 1 atom stereocenters. The van der Waals surface area contributed by atoms with E-state index in [1.165, 1.54) is 12.1 Å². The van der Waals surface area contributed by atoms with E-state index >= 15 is 0 Å². The summed E-state index contributed by atoms with van der Waals surface area (Å²) in [6, 6.07) is 4.32. The van der Waals surface area contributed by atoms with Crippen LogP contribution in [0.2, 0.25) is 0 Å². The molecule has 0 aliphatic heterocycles. The number of amides is 1. The van der Waals surface area contributed by atoms with Crippen molar-refractivity contribution in [2.24, 2.45) is 5.73 Å². The maximum atomic E-state index is 13.3. The number of alkyl halides is 1. The molecule has 0 bridgehead atoms. The predicted molar refractivity (Wildman–Crippen MR) is 67.8 cm³/mol. The number of aromatic nitrogens is 2. The lowest BCUT2D eigenvalue weighted by Gasteiger charge is -2.09.